The molecule has 5 heteroatoms. The number of aromatic nitrogens is 2. The molecular weight excluding hydrogens is 238 g/mol. The molecule has 0 amide bonds. The van der Waals surface area contributed by atoms with Gasteiger partial charge in [0, 0.05) is 26.8 Å². The quantitative estimate of drug-likeness (QED) is 0.903. The summed E-state index contributed by atoms with van der Waals surface area (Å²) >= 11 is 0. The van der Waals surface area contributed by atoms with E-state index in [0.29, 0.717) is 18.1 Å². The largest absolute Gasteiger partial charge is 0.366 e. The SMILES string of the molecule is CN(C)c1nccc(NCc2cccc(C#N)c2)n1. The van der Waals surface area contributed by atoms with Gasteiger partial charge in [-0.1, -0.05) is 12.1 Å². The molecule has 19 heavy (non-hydrogen) atoms. The molecule has 0 radical (unpaired) electrons. The Hall–Kier alpha value is -2.61. The van der Waals surface area contributed by atoms with E-state index in [4.69, 9.17) is 5.26 Å². The van der Waals surface area contributed by atoms with Crippen LogP contribution in [0.15, 0.2) is 36.5 Å². The Balaban J connectivity index is 2.06. The average molecular weight is 253 g/mol. The third-order valence-electron chi connectivity index (χ3n) is 2.57. The smallest absolute Gasteiger partial charge is 0.226 e. The lowest BCUT2D eigenvalue weighted by Gasteiger charge is -2.11. The molecule has 0 spiro atoms. The number of benzene rings is 1. The van der Waals surface area contributed by atoms with Crippen molar-refractivity contribution in [2.24, 2.45) is 0 Å². The molecule has 1 aromatic carbocycles. The minimum atomic E-state index is 0.624. The third kappa shape index (κ3) is 3.42. The third-order valence-corrected chi connectivity index (χ3v) is 2.57. The van der Waals surface area contributed by atoms with Crippen LogP contribution in [0.1, 0.15) is 11.1 Å². The number of rotatable bonds is 4. The summed E-state index contributed by atoms with van der Waals surface area (Å²) in [4.78, 5) is 10.4. The van der Waals surface area contributed by atoms with E-state index in [0.717, 1.165) is 11.4 Å². The van der Waals surface area contributed by atoms with E-state index >= 15 is 0 Å². The van der Waals surface area contributed by atoms with Crippen LogP contribution in [-0.2, 0) is 6.54 Å². The molecular formula is C14H15N5. The number of nitriles is 1. The van der Waals surface area contributed by atoms with E-state index in [9.17, 15) is 0 Å². The fourth-order valence-corrected chi connectivity index (χ4v) is 1.61. The molecule has 0 unspecified atom stereocenters. The van der Waals surface area contributed by atoms with Crippen molar-refractivity contribution in [2.75, 3.05) is 24.3 Å². The monoisotopic (exact) mass is 253 g/mol. The molecule has 1 heterocycles. The molecule has 5 nitrogen and oxygen atoms in total. The summed E-state index contributed by atoms with van der Waals surface area (Å²) in [6.07, 6.45) is 1.72. The van der Waals surface area contributed by atoms with Crippen molar-refractivity contribution in [1.82, 2.24) is 9.97 Å². The van der Waals surface area contributed by atoms with Crippen molar-refractivity contribution < 1.29 is 0 Å². The molecule has 1 N–H and O–H groups in total. The van der Waals surface area contributed by atoms with Crippen molar-refractivity contribution in [3.63, 3.8) is 0 Å². The Morgan fingerprint density at radius 2 is 2.16 bits per heavy atom. The van der Waals surface area contributed by atoms with E-state index in [-0.39, 0.29) is 0 Å². The molecule has 0 saturated carbocycles. The Bertz CT molecular complexity index is 601. The van der Waals surface area contributed by atoms with Crippen LogP contribution in [0.25, 0.3) is 0 Å². The first kappa shape index (κ1) is 12.8. The van der Waals surface area contributed by atoms with Crippen LogP contribution in [-0.4, -0.2) is 24.1 Å². The van der Waals surface area contributed by atoms with E-state index < -0.39 is 0 Å². The zero-order valence-corrected chi connectivity index (χ0v) is 11.0. The average Bonchev–Trinajstić information content (AvgIpc) is 2.45. The summed E-state index contributed by atoms with van der Waals surface area (Å²) in [7, 11) is 3.80. The van der Waals surface area contributed by atoms with Crippen molar-refractivity contribution in [3.05, 3.63) is 47.7 Å². The van der Waals surface area contributed by atoms with E-state index in [2.05, 4.69) is 21.4 Å². The molecule has 0 aliphatic heterocycles. The normalized spacial score (nSPS) is 9.74. The highest BCUT2D eigenvalue weighted by Crippen LogP contribution is 2.10. The zero-order chi connectivity index (χ0) is 13.7. The van der Waals surface area contributed by atoms with Crippen molar-refractivity contribution in [1.29, 1.82) is 5.26 Å². The van der Waals surface area contributed by atoms with Gasteiger partial charge in [0.2, 0.25) is 5.95 Å². The molecule has 1 aromatic heterocycles. The summed E-state index contributed by atoms with van der Waals surface area (Å²) in [5.74, 6) is 1.43. The second-order valence-electron chi connectivity index (χ2n) is 4.30. The number of hydrogen-bond acceptors (Lipinski definition) is 5. The van der Waals surface area contributed by atoms with Crippen LogP contribution in [0.2, 0.25) is 0 Å². The summed E-state index contributed by atoms with van der Waals surface area (Å²) in [5, 5.41) is 12.1. The Morgan fingerprint density at radius 1 is 1.32 bits per heavy atom. The second kappa shape index (κ2) is 5.83. The summed E-state index contributed by atoms with van der Waals surface area (Å²) in [6, 6.07) is 11.5. The standard InChI is InChI=1S/C14H15N5/c1-19(2)14-16-7-6-13(18-14)17-10-12-5-3-4-11(8-12)9-15/h3-8H,10H2,1-2H3,(H,16,17,18). The summed E-state index contributed by atoms with van der Waals surface area (Å²) < 4.78 is 0. The minimum absolute atomic E-state index is 0.624. The van der Waals surface area contributed by atoms with Gasteiger partial charge in [0.15, 0.2) is 0 Å². The number of anilines is 2. The van der Waals surface area contributed by atoms with E-state index in [1.807, 2.05) is 43.3 Å². The fourth-order valence-electron chi connectivity index (χ4n) is 1.61. The molecule has 0 atom stereocenters. The lowest BCUT2D eigenvalue weighted by atomic mass is 10.1. The first-order valence-electron chi connectivity index (χ1n) is 5.92. The Kier molecular flexibility index (Phi) is 3.94. The van der Waals surface area contributed by atoms with Gasteiger partial charge in [-0.3, -0.25) is 0 Å². The molecule has 2 aromatic rings. The molecule has 0 aliphatic rings. The van der Waals surface area contributed by atoms with Crippen molar-refractivity contribution in [2.45, 2.75) is 6.54 Å². The highest BCUT2D eigenvalue weighted by Gasteiger charge is 2.01. The van der Waals surface area contributed by atoms with Crippen molar-refractivity contribution >= 4 is 11.8 Å². The predicted molar refractivity (Wildman–Crippen MR) is 74.8 cm³/mol. The van der Waals surface area contributed by atoms with Crippen LogP contribution in [0.5, 0.6) is 0 Å². The molecule has 0 saturated heterocycles. The van der Waals surface area contributed by atoms with Gasteiger partial charge in [0.25, 0.3) is 0 Å². The lowest BCUT2D eigenvalue weighted by molar-refractivity contribution is 0.987. The van der Waals surface area contributed by atoms with Gasteiger partial charge in [0.1, 0.15) is 5.82 Å². The maximum Gasteiger partial charge on any atom is 0.226 e. The van der Waals surface area contributed by atoms with Gasteiger partial charge >= 0.3 is 0 Å². The number of nitrogens with zero attached hydrogens (tertiary/aromatic N) is 4. The Morgan fingerprint density at radius 3 is 2.89 bits per heavy atom. The van der Waals surface area contributed by atoms with Gasteiger partial charge in [-0.05, 0) is 23.8 Å². The van der Waals surface area contributed by atoms with Crippen LogP contribution < -0.4 is 10.2 Å². The summed E-state index contributed by atoms with van der Waals surface area (Å²) in [5.41, 5.74) is 1.71. The number of hydrogen-bond donors (Lipinski definition) is 1. The lowest BCUT2D eigenvalue weighted by Crippen LogP contribution is -2.13. The second-order valence-corrected chi connectivity index (χ2v) is 4.30. The minimum Gasteiger partial charge on any atom is -0.366 e. The van der Waals surface area contributed by atoms with Gasteiger partial charge in [-0.15, -0.1) is 0 Å². The van der Waals surface area contributed by atoms with E-state index in [1.54, 1.807) is 12.3 Å². The van der Waals surface area contributed by atoms with Gasteiger partial charge < -0.3 is 10.2 Å². The van der Waals surface area contributed by atoms with Gasteiger partial charge in [0.05, 0.1) is 11.6 Å². The zero-order valence-electron chi connectivity index (χ0n) is 11.0. The van der Waals surface area contributed by atoms with Crippen molar-refractivity contribution in [3.8, 4) is 6.07 Å². The molecule has 2 rings (SSSR count). The highest BCUT2D eigenvalue weighted by molar-refractivity contribution is 5.41. The maximum absolute atomic E-state index is 8.85. The van der Waals surface area contributed by atoms with Gasteiger partial charge in [-0.2, -0.15) is 10.2 Å². The molecule has 0 bridgehead atoms. The van der Waals surface area contributed by atoms with Crippen LogP contribution in [0, 0.1) is 11.3 Å². The summed E-state index contributed by atoms with van der Waals surface area (Å²) in [6.45, 7) is 0.624. The Labute approximate surface area is 112 Å². The van der Waals surface area contributed by atoms with Crippen LogP contribution in [0.4, 0.5) is 11.8 Å². The van der Waals surface area contributed by atoms with Crippen LogP contribution in [0.3, 0.4) is 0 Å². The molecule has 0 fully saturated rings. The topological polar surface area (TPSA) is 64.8 Å². The first-order valence-corrected chi connectivity index (χ1v) is 5.92. The molecule has 0 aliphatic carbocycles. The highest BCUT2D eigenvalue weighted by atomic mass is 15.2. The van der Waals surface area contributed by atoms with Crippen LogP contribution >= 0.6 is 0 Å². The van der Waals surface area contributed by atoms with Gasteiger partial charge in [-0.25, -0.2) is 4.98 Å². The fraction of sp³-hybridized carbons (Fsp3) is 0.214. The molecule has 96 valence electrons. The number of nitrogens with one attached hydrogen (secondary N) is 1. The first-order chi connectivity index (χ1) is 9.19. The predicted octanol–water partition coefficient (Wildman–Crippen LogP) is 2.03. The van der Waals surface area contributed by atoms with E-state index in [1.165, 1.54) is 0 Å². The maximum atomic E-state index is 8.85.